The molecule has 0 amide bonds. The minimum atomic E-state index is -0.0273. The molecule has 2 rings (SSSR count). The standard InChI is InChI=1S/C13H17N2O2PS/c1-4-6-15-12-10(8(3)9(7-16)19-12)11(18)14(5-2)13(15)17/h7,18H,4-6H2,1-3H3. The highest BCUT2D eigenvalue weighted by molar-refractivity contribution is 7.20. The molecule has 0 spiro atoms. The first-order valence-electron chi connectivity index (χ1n) is 6.33. The summed E-state index contributed by atoms with van der Waals surface area (Å²) in [5, 5.41) is 1.73. The molecule has 0 N–H and O–H groups in total. The number of carbonyl (C=O) groups is 1. The zero-order valence-electron chi connectivity index (χ0n) is 11.3. The second-order valence-electron chi connectivity index (χ2n) is 4.42. The van der Waals surface area contributed by atoms with Crippen molar-refractivity contribution in [1.82, 2.24) is 9.13 Å². The van der Waals surface area contributed by atoms with E-state index in [4.69, 9.17) is 0 Å². The van der Waals surface area contributed by atoms with E-state index in [0.29, 0.717) is 18.0 Å². The maximum atomic E-state index is 12.4. The molecule has 2 aromatic heterocycles. The van der Waals surface area contributed by atoms with E-state index < -0.39 is 0 Å². The van der Waals surface area contributed by atoms with Crippen molar-refractivity contribution >= 4 is 36.7 Å². The van der Waals surface area contributed by atoms with Gasteiger partial charge in [-0.3, -0.25) is 13.9 Å². The number of aryl methyl sites for hydroxylation is 2. The van der Waals surface area contributed by atoms with Gasteiger partial charge in [-0.2, -0.15) is 0 Å². The van der Waals surface area contributed by atoms with Crippen LogP contribution in [-0.4, -0.2) is 15.4 Å². The van der Waals surface area contributed by atoms with E-state index in [-0.39, 0.29) is 5.69 Å². The molecule has 0 radical (unpaired) electrons. The van der Waals surface area contributed by atoms with Crippen molar-refractivity contribution in [2.45, 2.75) is 40.3 Å². The smallest absolute Gasteiger partial charge is 0.297 e. The molecule has 4 nitrogen and oxygen atoms in total. The summed E-state index contributed by atoms with van der Waals surface area (Å²) in [6, 6.07) is 0. The van der Waals surface area contributed by atoms with Crippen LogP contribution in [-0.2, 0) is 13.1 Å². The largest absolute Gasteiger partial charge is 0.329 e. The lowest BCUT2D eigenvalue weighted by molar-refractivity contribution is 0.112. The van der Waals surface area contributed by atoms with Crippen molar-refractivity contribution in [2.75, 3.05) is 0 Å². The third kappa shape index (κ3) is 2.11. The lowest BCUT2D eigenvalue weighted by Gasteiger charge is -2.11. The van der Waals surface area contributed by atoms with Crippen molar-refractivity contribution in [3.8, 4) is 0 Å². The van der Waals surface area contributed by atoms with E-state index in [9.17, 15) is 9.59 Å². The zero-order valence-corrected chi connectivity index (χ0v) is 13.1. The Hall–Kier alpha value is -1.19. The van der Waals surface area contributed by atoms with E-state index in [2.05, 4.69) is 8.86 Å². The summed E-state index contributed by atoms with van der Waals surface area (Å²) in [5.41, 5.74) is 0.910. The van der Waals surface area contributed by atoms with E-state index in [1.165, 1.54) is 11.3 Å². The second kappa shape index (κ2) is 5.43. The van der Waals surface area contributed by atoms with Crippen LogP contribution in [0.2, 0.25) is 0 Å². The summed E-state index contributed by atoms with van der Waals surface area (Å²) in [5.74, 6) is 0. The average molecular weight is 296 g/mol. The Morgan fingerprint density at radius 3 is 2.53 bits per heavy atom. The molecule has 2 aromatic rings. The van der Waals surface area contributed by atoms with Gasteiger partial charge >= 0.3 is 5.69 Å². The third-order valence-corrected chi connectivity index (χ3v) is 5.01. The number of carbonyl (C=O) groups excluding carboxylic acids is 1. The lowest BCUT2D eigenvalue weighted by atomic mass is 10.2. The van der Waals surface area contributed by atoms with Gasteiger partial charge in [-0.05, 0) is 25.8 Å². The van der Waals surface area contributed by atoms with Gasteiger partial charge in [-0.15, -0.1) is 11.3 Å². The summed E-state index contributed by atoms with van der Waals surface area (Å²) in [6.45, 7) is 7.17. The molecule has 0 saturated heterocycles. The van der Waals surface area contributed by atoms with Crippen LogP contribution in [0, 0.1) is 12.0 Å². The maximum absolute atomic E-state index is 12.4. The normalized spacial score (nSPS) is 11.1. The highest BCUT2D eigenvalue weighted by Crippen LogP contribution is 2.30. The highest BCUT2D eigenvalue weighted by atomic mass is 32.1. The van der Waals surface area contributed by atoms with Crippen LogP contribution in [0.4, 0.5) is 0 Å². The first kappa shape index (κ1) is 14.2. The molecule has 0 saturated carbocycles. The SMILES string of the molecule is CCCn1c(=O)n(CC)c(=P)c2c(C)c(C=O)sc21. The molecule has 0 aliphatic carbocycles. The Kier molecular flexibility index (Phi) is 4.07. The second-order valence-corrected chi connectivity index (χ2v) is 5.92. The van der Waals surface area contributed by atoms with Crippen LogP contribution >= 0.6 is 20.2 Å². The van der Waals surface area contributed by atoms with Gasteiger partial charge in [0.05, 0.1) is 9.95 Å². The Morgan fingerprint density at radius 2 is 2.00 bits per heavy atom. The maximum Gasteiger partial charge on any atom is 0.329 e. The molecule has 0 aromatic carbocycles. The minimum Gasteiger partial charge on any atom is -0.297 e. The van der Waals surface area contributed by atoms with E-state index in [1.54, 1.807) is 9.13 Å². The Bertz CT molecular complexity index is 755. The van der Waals surface area contributed by atoms with Crippen molar-refractivity contribution in [2.24, 2.45) is 0 Å². The molecule has 0 atom stereocenters. The van der Waals surface area contributed by atoms with E-state index >= 15 is 0 Å². The molecule has 19 heavy (non-hydrogen) atoms. The van der Waals surface area contributed by atoms with Crippen LogP contribution < -0.4 is 5.69 Å². The van der Waals surface area contributed by atoms with E-state index in [1.807, 2.05) is 20.8 Å². The van der Waals surface area contributed by atoms with Gasteiger partial charge in [0.1, 0.15) is 4.83 Å². The van der Waals surface area contributed by atoms with Gasteiger partial charge < -0.3 is 0 Å². The number of rotatable bonds is 4. The fourth-order valence-corrected chi connectivity index (χ4v) is 4.07. The van der Waals surface area contributed by atoms with Crippen molar-refractivity contribution in [3.63, 3.8) is 0 Å². The molecule has 0 aliphatic heterocycles. The molecular weight excluding hydrogens is 279 g/mol. The summed E-state index contributed by atoms with van der Waals surface area (Å²) >= 11 is 1.39. The van der Waals surface area contributed by atoms with Gasteiger partial charge in [0.15, 0.2) is 6.29 Å². The van der Waals surface area contributed by atoms with Crippen LogP contribution in [0.15, 0.2) is 4.79 Å². The van der Waals surface area contributed by atoms with E-state index in [0.717, 1.165) is 33.6 Å². The molecular formula is C13H17N2O2PS. The van der Waals surface area contributed by atoms with Crippen molar-refractivity contribution in [3.05, 3.63) is 26.0 Å². The van der Waals surface area contributed by atoms with Gasteiger partial charge in [0.2, 0.25) is 0 Å². The highest BCUT2D eigenvalue weighted by Gasteiger charge is 2.16. The third-order valence-electron chi connectivity index (χ3n) is 3.25. The summed E-state index contributed by atoms with van der Waals surface area (Å²) in [7, 11) is 3.57. The molecule has 0 aliphatic rings. The number of hydrogen-bond donors (Lipinski definition) is 0. The van der Waals surface area contributed by atoms with Gasteiger partial charge in [-0.1, -0.05) is 15.8 Å². The molecule has 102 valence electrons. The molecule has 0 fully saturated rings. The first-order chi connectivity index (χ1) is 9.06. The molecule has 2 heterocycles. The number of aromatic nitrogens is 2. The number of nitrogens with zero attached hydrogens (tertiary/aromatic N) is 2. The first-order valence-corrected chi connectivity index (χ1v) is 7.64. The predicted octanol–water partition coefficient (Wildman–Crippen LogP) is 3.09. The average Bonchev–Trinajstić information content (AvgIpc) is 2.72. The predicted molar refractivity (Wildman–Crippen MR) is 81.7 cm³/mol. The number of fused-ring (bicyclic) bond motifs is 1. The Labute approximate surface area is 117 Å². The zero-order chi connectivity index (χ0) is 14.2. The number of aldehydes is 1. The van der Waals surface area contributed by atoms with Crippen molar-refractivity contribution in [1.29, 1.82) is 0 Å². The van der Waals surface area contributed by atoms with Gasteiger partial charge in [0, 0.05) is 18.5 Å². The van der Waals surface area contributed by atoms with Gasteiger partial charge in [-0.25, -0.2) is 4.79 Å². The fourth-order valence-electron chi connectivity index (χ4n) is 2.27. The molecule has 0 unspecified atom stereocenters. The van der Waals surface area contributed by atoms with Crippen LogP contribution in [0.3, 0.4) is 0 Å². The monoisotopic (exact) mass is 296 g/mol. The summed E-state index contributed by atoms with van der Waals surface area (Å²) in [4.78, 5) is 25.1. The fraction of sp³-hybridized carbons (Fsp3) is 0.462. The quantitative estimate of drug-likeness (QED) is 0.643. The minimum absolute atomic E-state index is 0.0273. The van der Waals surface area contributed by atoms with Crippen molar-refractivity contribution < 1.29 is 4.79 Å². The van der Waals surface area contributed by atoms with Crippen LogP contribution in [0.25, 0.3) is 10.2 Å². The summed E-state index contributed by atoms with van der Waals surface area (Å²) < 4.78 is 3.47. The molecule has 0 bridgehead atoms. The number of thiophene rings is 1. The molecule has 6 heteroatoms. The lowest BCUT2D eigenvalue weighted by Crippen LogP contribution is -2.30. The number of hydrogen-bond acceptors (Lipinski definition) is 3. The summed E-state index contributed by atoms with van der Waals surface area (Å²) in [6.07, 6.45) is 1.75. The Morgan fingerprint density at radius 1 is 1.32 bits per heavy atom. The topological polar surface area (TPSA) is 44.0 Å². The van der Waals surface area contributed by atoms with Crippen LogP contribution in [0.5, 0.6) is 0 Å². The Balaban J connectivity index is 3.04. The van der Waals surface area contributed by atoms with Crippen LogP contribution in [0.1, 0.15) is 35.5 Å². The van der Waals surface area contributed by atoms with Gasteiger partial charge in [0.25, 0.3) is 0 Å².